The summed E-state index contributed by atoms with van der Waals surface area (Å²) >= 11 is 0. The standard InChI is InChI=1S/C18H14N2O2/c21-17-4-2-1-3-16(17)18(22)20-15-7-5-13(6-8-15)14-9-11-19-12-10-14/h1-12,21H,(H,20,22). The van der Waals surface area contributed by atoms with Gasteiger partial charge in [-0.05, 0) is 47.5 Å². The summed E-state index contributed by atoms with van der Waals surface area (Å²) in [7, 11) is 0. The second-order valence-corrected chi connectivity index (χ2v) is 4.78. The molecule has 4 heteroatoms. The Morgan fingerprint density at radius 2 is 1.50 bits per heavy atom. The van der Waals surface area contributed by atoms with Crippen molar-refractivity contribution >= 4 is 11.6 Å². The highest BCUT2D eigenvalue weighted by atomic mass is 16.3. The molecule has 0 radical (unpaired) electrons. The Hall–Kier alpha value is -3.14. The fourth-order valence-electron chi connectivity index (χ4n) is 2.15. The van der Waals surface area contributed by atoms with Crippen LogP contribution in [0.1, 0.15) is 10.4 Å². The van der Waals surface area contributed by atoms with Gasteiger partial charge >= 0.3 is 0 Å². The van der Waals surface area contributed by atoms with Crippen LogP contribution in [0.4, 0.5) is 5.69 Å². The van der Waals surface area contributed by atoms with Crippen molar-refractivity contribution in [3.63, 3.8) is 0 Å². The third-order valence-electron chi connectivity index (χ3n) is 3.31. The molecular formula is C18H14N2O2. The number of phenols is 1. The zero-order chi connectivity index (χ0) is 15.4. The van der Waals surface area contributed by atoms with E-state index in [0.29, 0.717) is 5.69 Å². The molecule has 0 aliphatic rings. The first-order valence-corrected chi connectivity index (χ1v) is 6.84. The van der Waals surface area contributed by atoms with E-state index < -0.39 is 0 Å². The van der Waals surface area contributed by atoms with Gasteiger partial charge in [0.25, 0.3) is 5.91 Å². The van der Waals surface area contributed by atoms with Crippen LogP contribution in [0.3, 0.4) is 0 Å². The Bertz CT molecular complexity index is 784. The number of pyridine rings is 1. The monoisotopic (exact) mass is 290 g/mol. The third-order valence-corrected chi connectivity index (χ3v) is 3.31. The zero-order valence-electron chi connectivity index (χ0n) is 11.7. The summed E-state index contributed by atoms with van der Waals surface area (Å²) in [5.41, 5.74) is 3.03. The smallest absolute Gasteiger partial charge is 0.259 e. The van der Waals surface area contributed by atoms with E-state index >= 15 is 0 Å². The lowest BCUT2D eigenvalue weighted by Crippen LogP contribution is -2.11. The van der Waals surface area contributed by atoms with Crippen molar-refractivity contribution in [2.45, 2.75) is 0 Å². The van der Waals surface area contributed by atoms with Gasteiger partial charge in [-0.25, -0.2) is 0 Å². The van der Waals surface area contributed by atoms with Gasteiger partial charge < -0.3 is 10.4 Å². The molecule has 0 atom stereocenters. The van der Waals surface area contributed by atoms with E-state index in [1.807, 2.05) is 36.4 Å². The number of para-hydroxylation sites is 1. The number of hydrogen-bond donors (Lipinski definition) is 2. The Labute approximate surface area is 128 Å². The van der Waals surface area contributed by atoms with Crippen LogP contribution in [0.25, 0.3) is 11.1 Å². The van der Waals surface area contributed by atoms with Gasteiger partial charge in [0.05, 0.1) is 5.56 Å². The minimum atomic E-state index is -0.338. The molecular weight excluding hydrogens is 276 g/mol. The van der Waals surface area contributed by atoms with Gasteiger partial charge in [0.1, 0.15) is 5.75 Å². The minimum Gasteiger partial charge on any atom is -0.507 e. The Morgan fingerprint density at radius 3 is 2.18 bits per heavy atom. The van der Waals surface area contributed by atoms with Crippen LogP contribution in [0.5, 0.6) is 5.75 Å². The van der Waals surface area contributed by atoms with Crippen molar-refractivity contribution in [3.05, 3.63) is 78.6 Å². The SMILES string of the molecule is O=C(Nc1ccc(-c2ccncc2)cc1)c1ccccc1O. The van der Waals surface area contributed by atoms with Crippen molar-refractivity contribution in [2.24, 2.45) is 0 Å². The molecule has 22 heavy (non-hydrogen) atoms. The summed E-state index contributed by atoms with van der Waals surface area (Å²) in [5, 5.41) is 12.5. The summed E-state index contributed by atoms with van der Waals surface area (Å²) in [6.07, 6.45) is 3.48. The molecule has 4 nitrogen and oxygen atoms in total. The molecule has 1 amide bonds. The van der Waals surface area contributed by atoms with E-state index in [4.69, 9.17) is 0 Å². The van der Waals surface area contributed by atoms with Crippen LogP contribution in [0.15, 0.2) is 73.1 Å². The summed E-state index contributed by atoms with van der Waals surface area (Å²) in [4.78, 5) is 16.1. The Kier molecular flexibility index (Phi) is 3.83. The molecule has 0 aliphatic carbocycles. The van der Waals surface area contributed by atoms with Gasteiger partial charge in [-0.1, -0.05) is 24.3 Å². The molecule has 2 aromatic carbocycles. The summed E-state index contributed by atoms with van der Waals surface area (Å²) in [5.74, 6) is -0.372. The number of phenolic OH excluding ortho intramolecular Hbond substituents is 1. The Balaban J connectivity index is 1.77. The number of anilines is 1. The lowest BCUT2D eigenvalue weighted by molar-refractivity contribution is 0.102. The van der Waals surface area contributed by atoms with Gasteiger partial charge in [0.15, 0.2) is 0 Å². The number of benzene rings is 2. The molecule has 0 bridgehead atoms. The van der Waals surface area contributed by atoms with E-state index in [0.717, 1.165) is 11.1 Å². The average Bonchev–Trinajstić information content (AvgIpc) is 2.57. The molecule has 1 heterocycles. The molecule has 0 aliphatic heterocycles. The first-order chi connectivity index (χ1) is 10.7. The van der Waals surface area contributed by atoms with Gasteiger partial charge in [-0.3, -0.25) is 9.78 Å². The molecule has 3 rings (SSSR count). The van der Waals surface area contributed by atoms with Gasteiger partial charge in [0, 0.05) is 18.1 Å². The highest BCUT2D eigenvalue weighted by Gasteiger charge is 2.10. The lowest BCUT2D eigenvalue weighted by Gasteiger charge is -2.08. The summed E-state index contributed by atoms with van der Waals surface area (Å²) < 4.78 is 0. The molecule has 1 aromatic heterocycles. The van der Waals surface area contributed by atoms with Crippen LogP contribution < -0.4 is 5.32 Å². The van der Waals surface area contributed by atoms with Crippen LogP contribution >= 0.6 is 0 Å². The molecule has 0 saturated carbocycles. The van der Waals surface area contributed by atoms with Crippen LogP contribution in [-0.4, -0.2) is 16.0 Å². The topological polar surface area (TPSA) is 62.2 Å². The van der Waals surface area contributed by atoms with E-state index in [1.165, 1.54) is 6.07 Å². The van der Waals surface area contributed by atoms with E-state index in [9.17, 15) is 9.90 Å². The molecule has 0 unspecified atom stereocenters. The fourth-order valence-corrected chi connectivity index (χ4v) is 2.15. The first-order valence-electron chi connectivity index (χ1n) is 6.84. The maximum absolute atomic E-state index is 12.1. The number of carbonyl (C=O) groups excluding carboxylic acids is 1. The first kappa shape index (κ1) is 13.8. The molecule has 0 spiro atoms. The highest BCUT2D eigenvalue weighted by molar-refractivity contribution is 6.06. The van der Waals surface area contributed by atoms with E-state index in [2.05, 4.69) is 10.3 Å². The second-order valence-electron chi connectivity index (χ2n) is 4.78. The van der Waals surface area contributed by atoms with Gasteiger partial charge in [0.2, 0.25) is 0 Å². The summed E-state index contributed by atoms with van der Waals surface area (Å²) in [6.45, 7) is 0. The van der Waals surface area contributed by atoms with Crippen molar-refractivity contribution in [3.8, 4) is 16.9 Å². The maximum atomic E-state index is 12.1. The maximum Gasteiger partial charge on any atom is 0.259 e. The van der Waals surface area contributed by atoms with Crippen LogP contribution in [0, 0.1) is 0 Å². The van der Waals surface area contributed by atoms with Crippen molar-refractivity contribution in [1.29, 1.82) is 0 Å². The molecule has 3 aromatic rings. The second kappa shape index (κ2) is 6.10. The number of carbonyl (C=O) groups is 1. The Morgan fingerprint density at radius 1 is 0.864 bits per heavy atom. The lowest BCUT2D eigenvalue weighted by atomic mass is 10.1. The number of nitrogens with zero attached hydrogens (tertiary/aromatic N) is 1. The average molecular weight is 290 g/mol. The third kappa shape index (κ3) is 2.96. The fraction of sp³-hybridized carbons (Fsp3) is 0. The largest absolute Gasteiger partial charge is 0.507 e. The molecule has 2 N–H and O–H groups in total. The number of aromatic hydroxyl groups is 1. The van der Waals surface area contributed by atoms with E-state index in [1.54, 1.807) is 30.6 Å². The van der Waals surface area contributed by atoms with Crippen LogP contribution in [-0.2, 0) is 0 Å². The molecule has 0 saturated heterocycles. The normalized spacial score (nSPS) is 10.2. The number of aromatic nitrogens is 1. The summed E-state index contributed by atoms with van der Waals surface area (Å²) in [6, 6.07) is 17.8. The highest BCUT2D eigenvalue weighted by Crippen LogP contribution is 2.22. The quantitative estimate of drug-likeness (QED) is 0.773. The van der Waals surface area contributed by atoms with Gasteiger partial charge in [-0.2, -0.15) is 0 Å². The molecule has 108 valence electrons. The van der Waals surface area contributed by atoms with Crippen LogP contribution in [0.2, 0.25) is 0 Å². The van der Waals surface area contributed by atoms with Crippen molar-refractivity contribution in [1.82, 2.24) is 4.98 Å². The number of hydrogen-bond acceptors (Lipinski definition) is 3. The van der Waals surface area contributed by atoms with Crippen molar-refractivity contribution < 1.29 is 9.90 Å². The predicted octanol–water partition coefficient (Wildman–Crippen LogP) is 3.71. The van der Waals surface area contributed by atoms with E-state index in [-0.39, 0.29) is 17.2 Å². The zero-order valence-corrected chi connectivity index (χ0v) is 11.7. The number of amides is 1. The van der Waals surface area contributed by atoms with Gasteiger partial charge in [-0.15, -0.1) is 0 Å². The number of rotatable bonds is 3. The molecule has 0 fully saturated rings. The predicted molar refractivity (Wildman–Crippen MR) is 85.7 cm³/mol. The number of nitrogens with one attached hydrogen (secondary N) is 1. The minimum absolute atomic E-state index is 0.0339. The van der Waals surface area contributed by atoms with Crippen molar-refractivity contribution in [2.75, 3.05) is 5.32 Å².